The van der Waals surface area contributed by atoms with E-state index in [-0.39, 0.29) is 68.5 Å². The molecule has 0 saturated heterocycles. The van der Waals surface area contributed by atoms with Gasteiger partial charge < -0.3 is 56.2 Å². The molecular formula is C101H187F3O11. The largest absolute Gasteiger partial charge is 0.391 e. The molecule has 18 rings (SSSR count). The van der Waals surface area contributed by atoms with Crippen molar-refractivity contribution in [2.75, 3.05) is 0 Å². The van der Waals surface area contributed by atoms with Crippen LogP contribution >= 0.6 is 0 Å². The number of aliphatic hydroxyl groups is 11. The summed E-state index contributed by atoms with van der Waals surface area (Å²) in [6, 6.07) is 0. The quantitative estimate of drug-likeness (QED) is 0.0922. The van der Waals surface area contributed by atoms with Crippen molar-refractivity contribution < 1.29 is 69.3 Å². The fourth-order valence-corrected chi connectivity index (χ4v) is 26.9. The summed E-state index contributed by atoms with van der Waals surface area (Å²) in [4.78, 5) is 0. The molecular weight excluding hydrogens is 1450 g/mol. The molecule has 0 aromatic carbocycles. The Hall–Kier alpha value is -0.650. The van der Waals surface area contributed by atoms with Crippen LogP contribution in [0.2, 0.25) is 0 Å². The number of rotatable bonds is 2. The van der Waals surface area contributed by atoms with Crippen LogP contribution in [-0.2, 0) is 0 Å². The van der Waals surface area contributed by atoms with Crippen LogP contribution in [0.4, 0.5) is 13.2 Å². The van der Waals surface area contributed by atoms with Crippen molar-refractivity contribution in [2.45, 2.75) is 521 Å². The zero-order valence-electron chi connectivity index (χ0n) is 78.3. The van der Waals surface area contributed by atoms with E-state index < -0.39 is 28.9 Å². The van der Waals surface area contributed by atoms with Crippen LogP contribution in [0.15, 0.2) is 0 Å². The molecule has 18 aliphatic carbocycles. The van der Waals surface area contributed by atoms with Crippen LogP contribution < -0.4 is 0 Å². The third-order valence-corrected chi connectivity index (χ3v) is 35.4. The first kappa shape index (κ1) is 101. The van der Waals surface area contributed by atoms with Crippen LogP contribution in [0.3, 0.4) is 0 Å². The predicted molar refractivity (Wildman–Crippen MR) is 468 cm³/mol. The van der Waals surface area contributed by atoms with Crippen LogP contribution in [0, 0.1) is 117 Å². The maximum Gasteiger partial charge on any atom is 0.391 e. The molecule has 0 amide bonds. The minimum atomic E-state index is -4.13. The Kier molecular flexibility index (Phi) is 35.6. The second-order valence-electron chi connectivity index (χ2n) is 48.3. The summed E-state index contributed by atoms with van der Waals surface area (Å²) >= 11 is 0. The van der Waals surface area contributed by atoms with E-state index in [0.717, 1.165) is 155 Å². The van der Waals surface area contributed by atoms with E-state index in [1.165, 1.54) is 200 Å². The van der Waals surface area contributed by atoms with Gasteiger partial charge in [-0.1, -0.05) is 159 Å². The van der Waals surface area contributed by atoms with Gasteiger partial charge in [0.25, 0.3) is 0 Å². The van der Waals surface area contributed by atoms with E-state index in [1.54, 1.807) is 0 Å². The van der Waals surface area contributed by atoms with Crippen LogP contribution in [0.1, 0.15) is 454 Å². The Morgan fingerprint density at radius 2 is 0.791 bits per heavy atom. The van der Waals surface area contributed by atoms with E-state index >= 15 is 0 Å². The lowest BCUT2D eigenvalue weighted by molar-refractivity contribution is -0.198. The number of hydrogen-bond acceptors (Lipinski definition) is 11. The number of alkyl halides is 3. The molecule has 18 saturated carbocycles. The normalized spacial score (nSPS) is 43.3. The Morgan fingerprint density at radius 3 is 1.16 bits per heavy atom. The average molecular weight is 1630 g/mol. The van der Waals surface area contributed by atoms with E-state index in [2.05, 4.69) is 76.2 Å². The van der Waals surface area contributed by atoms with Gasteiger partial charge in [-0.15, -0.1) is 0 Å². The second-order valence-corrected chi connectivity index (χ2v) is 48.3. The summed E-state index contributed by atoms with van der Waals surface area (Å²) in [6.07, 6.45) is 50.7. The lowest BCUT2D eigenvalue weighted by Gasteiger charge is -2.62. The minimum absolute atomic E-state index is 0.0799. The Labute approximate surface area is 703 Å². The third kappa shape index (κ3) is 28.9. The molecule has 18 fully saturated rings. The summed E-state index contributed by atoms with van der Waals surface area (Å²) in [5.41, 5.74) is -4.12. The van der Waals surface area contributed by atoms with Gasteiger partial charge in [-0.3, -0.25) is 0 Å². The molecule has 0 aromatic heterocycles. The Bertz CT molecular complexity index is 2790. The number of fused-ring (bicyclic) bond motifs is 14. The maximum absolute atomic E-state index is 12.2. The fourth-order valence-electron chi connectivity index (χ4n) is 26.9. The van der Waals surface area contributed by atoms with Gasteiger partial charge in [0.05, 0.1) is 67.5 Å². The molecule has 22 atom stereocenters. The van der Waals surface area contributed by atoms with E-state index in [1.807, 2.05) is 62.3 Å². The van der Waals surface area contributed by atoms with Crippen molar-refractivity contribution in [3.8, 4) is 0 Å². The van der Waals surface area contributed by atoms with E-state index in [9.17, 15) is 69.3 Å². The smallest absolute Gasteiger partial charge is 0.390 e. The van der Waals surface area contributed by atoms with Crippen molar-refractivity contribution in [1.29, 1.82) is 0 Å². The Balaban J connectivity index is 0.000000176. The van der Waals surface area contributed by atoms with Crippen LogP contribution in [0.5, 0.6) is 0 Å². The number of halogens is 3. The molecule has 0 spiro atoms. The first-order chi connectivity index (χ1) is 52.6. The monoisotopic (exact) mass is 1630 g/mol. The van der Waals surface area contributed by atoms with E-state index in [0.29, 0.717) is 47.8 Å². The summed E-state index contributed by atoms with van der Waals surface area (Å²) in [5, 5.41) is 108. The van der Waals surface area contributed by atoms with Gasteiger partial charge in [0.2, 0.25) is 0 Å². The highest BCUT2D eigenvalue weighted by Crippen LogP contribution is 2.70. The minimum Gasteiger partial charge on any atom is -0.390 e. The second kappa shape index (κ2) is 40.3. The van der Waals surface area contributed by atoms with Gasteiger partial charge in [-0.25, -0.2) is 0 Å². The summed E-state index contributed by atoms with van der Waals surface area (Å²) in [7, 11) is 0. The highest BCUT2D eigenvalue weighted by Gasteiger charge is 2.66. The third-order valence-electron chi connectivity index (χ3n) is 35.4. The summed E-state index contributed by atoms with van der Waals surface area (Å²) in [6.45, 7) is 43.2. The topological polar surface area (TPSA) is 223 Å². The van der Waals surface area contributed by atoms with Gasteiger partial charge in [-0.05, 0) is 406 Å². The van der Waals surface area contributed by atoms with Gasteiger partial charge >= 0.3 is 6.18 Å². The fraction of sp³-hybridized carbons (Fsp3) is 1.00. The summed E-state index contributed by atoms with van der Waals surface area (Å²) < 4.78 is 36.5. The average Bonchev–Trinajstić information content (AvgIpc) is 1.57. The van der Waals surface area contributed by atoms with Crippen molar-refractivity contribution in [3.63, 3.8) is 0 Å². The first-order valence-electron chi connectivity index (χ1n) is 48.7. The molecule has 0 radical (unpaired) electrons. The molecule has 14 heteroatoms. The van der Waals surface area contributed by atoms with Crippen molar-refractivity contribution in [2.24, 2.45) is 117 Å². The molecule has 22 unspecified atom stereocenters. The highest BCUT2D eigenvalue weighted by atomic mass is 19.4. The molecule has 8 bridgehead atoms. The lowest BCUT2D eigenvalue weighted by Crippen LogP contribution is -2.60. The lowest BCUT2D eigenvalue weighted by atomic mass is 9.44. The predicted octanol–water partition coefficient (Wildman–Crippen LogP) is 24.3. The number of hydrogen-bond donors (Lipinski definition) is 11. The summed E-state index contributed by atoms with van der Waals surface area (Å²) in [5.74, 6) is 11.5. The zero-order valence-corrected chi connectivity index (χ0v) is 78.3. The molecule has 0 heterocycles. The maximum atomic E-state index is 12.2. The van der Waals surface area contributed by atoms with Crippen LogP contribution in [-0.4, -0.2) is 124 Å². The van der Waals surface area contributed by atoms with Crippen molar-refractivity contribution >= 4 is 0 Å². The molecule has 0 aliphatic heterocycles. The van der Waals surface area contributed by atoms with Gasteiger partial charge in [0.15, 0.2) is 0 Å². The SMILES string of the molecule is CC(C)(O)C1CCCCC1.CC(C)C1CCCC(C)(O)C1.CC1(C)CCC(C)(C)C1(C)O.CC1(O)CC2CC1C1C3CCC(C3)C21.CC1(O)CC2CCC1C2.CC1(O)CCC2CC1C2(C)C.CC1(O)CCCC(C(F)(F)F)C1.CC1(O)CCCC2CCCCC21.CC1(O)CCCCC1.CC1(O)CCCCCC1.CC1CCC(C)(O)C1. The molecule has 115 heavy (non-hydrogen) atoms. The van der Waals surface area contributed by atoms with Gasteiger partial charge in [0, 0.05) is 0 Å². The highest BCUT2D eigenvalue weighted by molar-refractivity contribution is 5.15. The molecule has 11 nitrogen and oxygen atoms in total. The van der Waals surface area contributed by atoms with Crippen LogP contribution in [0.25, 0.3) is 0 Å². The molecule has 678 valence electrons. The van der Waals surface area contributed by atoms with Gasteiger partial charge in [-0.2, -0.15) is 13.2 Å². The molecule has 18 aliphatic rings. The Morgan fingerprint density at radius 1 is 0.322 bits per heavy atom. The van der Waals surface area contributed by atoms with Gasteiger partial charge in [0.1, 0.15) is 0 Å². The molecule has 0 aromatic rings. The zero-order chi connectivity index (χ0) is 86.3. The molecule has 11 N–H and O–H groups in total. The van der Waals surface area contributed by atoms with Crippen molar-refractivity contribution in [1.82, 2.24) is 0 Å². The van der Waals surface area contributed by atoms with E-state index in [4.69, 9.17) is 0 Å². The first-order valence-corrected chi connectivity index (χ1v) is 48.7. The standard InChI is InChI=1S/C13H20O.C11H20O.C10H18O.2C10H20O.C9H18O.C8H13F3O.C8H14O.C8H16O.2C7H14O/c1-13(14)6-9-5-10(13)12-8-3-2-7(4-8)11(9)12;1-11(12)8-4-6-9-5-2-3-7-10(9)11;1-9(2)7-4-5-10(3,11)8(9)6-7;1-8(2)6-7-9(3,4)10(8,5)11;1-8(2)9-5-4-6-10(3,11)7-9;1-9(2,10)8-6-4-3-5-7-8;1-7(12)4-2-3-6(5-7)8(9,10)11;1-8(9)5-6-2-3-7(8)4-6;1-8(9)6-4-2-3-5-7-8;1-6-3-4-7(2,8)5-6;1-7(8)5-3-2-4-6-7/h7-12,14H,2-6H2,1H3;9-10,12H,2-8H2,1H3;7-8,11H,4-6H2,1-3H3;11H,6-7H2,1-5H3;8-9,11H,4-7H2,1-3H3;8,10H,3-7H2,1-2H3;6,12H,2-5H2,1H3;6-7,9H,2-5H2,1H3;9H,2-7H2,1H3;6,8H,3-5H2,1-2H3;8H,2-6H2,1H3. The van der Waals surface area contributed by atoms with Crippen molar-refractivity contribution in [3.05, 3.63) is 0 Å².